The number of aliphatic hydroxyl groups is 1. The van der Waals surface area contributed by atoms with Crippen molar-refractivity contribution < 1.29 is 18.3 Å². The van der Waals surface area contributed by atoms with Crippen molar-refractivity contribution in [2.45, 2.75) is 32.5 Å². The summed E-state index contributed by atoms with van der Waals surface area (Å²) < 4.78 is 36.8. The van der Waals surface area contributed by atoms with Gasteiger partial charge in [0.05, 0.1) is 0 Å². The molecule has 0 heterocycles. The highest BCUT2D eigenvalue weighted by Crippen LogP contribution is 2.32. The lowest BCUT2D eigenvalue weighted by atomic mass is 9.99. The van der Waals surface area contributed by atoms with E-state index in [1.54, 1.807) is 12.1 Å². The number of hydrogen-bond acceptors (Lipinski definition) is 1. The number of halogens is 3. The van der Waals surface area contributed by atoms with Gasteiger partial charge in [-0.1, -0.05) is 38.1 Å². The molecule has 0 unspecified atom stereocenters. The van der Waals surface area contributed by atoms with Crippen molar-refractivity contribution in [3.8, 4) is 0 Å². The van der Waals surface area contributed by atoms with E-state index in [1.807, 2.05) is 13.8 Å². The fourth-order valence-corrected chi connectivity index (χ4v) is 1.55. The van der Waals surface area contributed by atoms with E-state index < -0.39 is 12.3 Å². The molecule has 0 saturated heterocycles. The van der Waals surface area contributed by atoms with Crippen LogP contribution in [0.5, 0.6) is 0 Å². The molecule has 0 aliphatic carbocycles. The normalized spacial score (nSPS) is 14.2. The van der Waals surface area contributed by atoms with Crippen LogP contribution >= 0.6 is 0 Å². The van der Waals surface area contributed by atoms with E-state index in [4.69, 9.17) is 5.11 Å². The Morgan fingerprint density at radius 2 is 1.88 bits per heavy atom. The van der Waals surface area contributed by atoms with Crippen molar-refractivity contribution in [2.24, 2.45) is 5.92 Å². The minimum absolute atomic E-state index is 0.0920. The van der Waals surface area contributed by atoms with Gasteiger partial charge in [0.25, 0.3) is 0 Å². The summed E-state index contributed by atoms with van der Waals surface area (Å²) >= 11 is 0. The molecule has 0 amide bonds. The Morgan fingerprint density at radius 1 is 1.25 bits per heavy atom. The zero-order valence-corrected chi connectivity index (χ0v) is 9.25. The molecule has 0 radical (unpaired) electrons. The summed E-state index contributed by atoms with van der Waals surface area (Å²) in [6, 6.07) is 6.02. The van der Waals surface area contributed by atoms with Crippen LogP contribution in [0.3, 0.4) is 0 Å². The molecule has 1 atom stereocenters. The Morgan fingerprint density at radius 3 is 2.38 bits per heavy atom. The largest absolute Gasteiger partial charge is 0.418 e. The van der Waals surface area contributed by atoms with Crippen LogP contribution in [-0.2, 0) is 6.42 Å². The lowest BCUT2D eigenvalue weighted by Crippen LogP contribution is -2.20. The van der Waals surface area contributed by atoms with Gasteiger partial charge in [-0.3, -0.25) is 0 Å². The molecule has 1 rings (SSSR count). The van der Waals surface area contributed by atoms with Gasteiger partial charge in [-0.05, 0) is 23.5 Å². The Balaban J connectivity index is 2.90. The summed E-state index contributed by atoms with van der Waals surface area (Å²) in [5, 5.41) is 9.09. The molecule has 4 heteroatoms. The van der Waals surface area contributed by atoms with E-state index >= 15 is 0 Å². The summed E-state index contributed by atoms with van der Waals surface area (Å²) in [6.07, 6.45) is -6.28. The fourth-order valence-electron chi connectivity index (χ4n) is 1.55. The third kappa shape index (κ3) is 3.52. The lowest BCUT2D eigenvalue weighted by molar-refractivity contribution is -0.206. The van der Waals surface area contributed by atoms with E-state index in [2.05, 4.69) is 0 Å². The number of aliphatic hydroxyl groups excluding tert-OH is 1. The zero-order valence-electron chi connectivity index (χ0n) is 9.25. The third-order valence-electron chi connectivity index (χ3n) is 2.22. The Labute approximate surface area is 92.9 Å². The predicted octanol–water partition coefficient (Wildman–Crippen LogP) is 3.48. The highest BCUT2D eigenvalue weighted by molar-refractivity contribution is 5.26. The molecule has 1 aromatic carbocycles. The number of benzene rings is 1. The van der Waals surface area contributed by atoms with E-state index in [1.165, 1.54) is 12.1 Å². The maximum atomic E-state index is 12.3. The summed E-state index contributed by atoms with van der Waals surface area (Å²) in [5.74, 6) is 0.373. The van der Waals surface area contributed by atoms with Crippen molar-refractivity contribution in [1.29, 1.82) is 0 Å². The van der Waals surface area contributed by atoms with Gasteiger partial charge in [-0.2, -0.15) is 13.2 Å². The van der Waals surface area contributed by atoms with Crippen LogP contribution in [-0.4, -0.2) is 11.3 Å². The molecule has 0 aliphatic rings. The van der Waals surface area contributed by atoms with Gasteiger partial charge in [0.2, 0.25) is 0 Å². The minimum Gasteiger partial charge on any atom is -0.379 e. The van der Waals surface area contributed by atoms with Gasteiger partial charge >= 0.3 is 6.18 Å². The molecule has 0 aromatic heterocycles. The molecule has 90 valence electrons. The average molecular weight is 232 g/mol. The number of alkyl halides is 3. The van der Waals surface area contributed by atoms with Crippen molar-refractivity contribution in [2.75, 3.05) is 0 Å². The topological polar surface area (TPSA) is 20.2 Å². The quantitative estimate of drug-likeness (QED) is 0.845. The average Bonchev–Trinajstić information content (AvgIpc) is 2.14. The molecule has 0 spiro atoms. The number of rotatable bonds is 3. The monoisotopic (exact) mass is 232 g/mol. The van der Waals surface area contributed by atoms with Gasteiger partial charge in [0, 0.05) is 0 Å². The highest BCUT2D eigenvalue weighted by Gasteiger charge is 2.39. The van der Waals surface area contributed by atoms with Gasteiger partial charge in [0.15, 0.2) is 6.10 Å². The van der Waals surface area contributed by atoms with Crippen molar-refractivity contribution >= 4 is 0 Å². The van der Waals surface area contributed by atoms with Crippen molar-refractivity contribution in [3.05, 3.63) is 35.4 Å². The summed E-state index contributed by atoms with van der Waals surface area (Å²) in [6.45, 7) is 3.99. The predicted molar refractivity (Wildman–Crippen MR) is 56.0 cm³/mol. The van der Waals surface area contributed by atoms with Crippen LogP contribution in [0.15, 0.2) is 24.3 Å². The summed E-state index contributed by atoms with van der Waals surface area (Å²) in [4.78, 5) is 0. The van der Waals surface area contributed by atoms with Crippen LogP contribution < -0.4 is 0 Å². The molecule has 1 N–H and O–H groups in total. The molecule has 0 bridgehead atoms. The van der Waals surface area contributed by atoms with Crippen LogP contribution in [0.2, 0.25) is 0 Å². The Hall–Kier alpha value is -1.03. The third-order valence-corrected chi connectivity index (χ3v) is 2.22. The van der Waals surface area contributed by atoms with E-state index in [-0.39, 0.29) is 5.56 Å². The maximum absolute atomic E-state index is 12.3. The van der Waals surface area contributed by atoms with Crippen molar-refractivity contribution in [3.63, 3.8) is 0 Å². The van der Waals surface area contributed by atoms with E-state index in [0.717, 1.165) is 5.56 Å². The first-order chi connectivity index (χ1) is 7.30. The molecule has 1 nitrogen and oxygen atoms in total. The molecule has 0 aliphatic heterocycles. The lowest BCUT2D eigenvalue weighted by Gasteiger charge is -2.16. The van der Waals surface area contributed by atoms with Crippen LogP contribution in [0.25, 0.3) is 0 Å². The standard InChI is InChI=1S/C12H15F3O/c1-8(2)6-9-4-3-5-10(7-9)11(16)12(13,14)15/h3-5,7-8,11,16H,6H2,1-2H3/t11-/m0/s1. The van der Waals surface area contributed by atoms with Crippen LogP contribution in [0.4, 0.5) is 13.2 Å². The minimum atomic E-state index is -4.60. The fraction of sp³-hybridized carbons (Fsp3) is 0.500. The van der Waals surface area contributed by atoms with Crippen LogP contribution in [0, 0.1) is 5.92 Å². The zero-order chi connectivity index (χ0) is 12.3. The molecular formula is C12H15F3O. The number of hydrogen-bond donors (Lipinski definition) is 1. The SMILES string of the molecule is CC(C)Cc1cccc([C@H](O)C(F)(F)F)c1. The Bertz CT molecular complexity index is 344. The summed E-state index contributed by atoms with van der Waals surface area (Å²) in [7, 11) is 0. The molecular weight excluding hydrogens is 217 g/mol. The van der Waals surface area contributed by atoms with Crippen molar-refractivity contribution in [1.82, 2.24) is 0 Å². The van der Waals surface area contributed by atoms with Gasteiger partial charge in [0.1, 0.15) is 0 Å². The smallest absolute Gasteiger partial charge is 0.379 e. The van der Waals surface area contributed by atoms with Gasteiger partial charge < -0.3 is 5.11 Å². The molecule has 0 saturated carbocycles. The second-order valence-electron chi connectivity index (χ2n) is 4.29. The van der Waals surface area contributed by atoms with Gasteiger partial charge in [-0.15, -0.1) is 0 Å². The first kappa shape index (κ1) is 13.0. The van der Waals surface area contributed by atoms with E-state index in [0.29, 0.717) is 12.3 Å². The van der Waals surface area contributed by atoms with E-state index in [9.17, 15) is 13.2 Å². The summed E-state index contributed by atoms with van der Waals surface area (Å²) in [5.41, 5.74) is 0.724. The first-order valence-corrected chi connectivity index (χ1v) is 5.14. The molecule has 16 heavy (non-hydrogen) atoms. The maximum Gasteiger partial charge on any atom is 0.418 e. The first-order valence-electron chi connectivity index (χ1n) is 5.14. The highest BCUT2D eigenvalue weighted by atomic mass is 19.4. The van der Waals surface area contributed by atoms with Gasteiger partial charge in [-0.25, -0.2) is 0 Å². The second kappa shape index (κ2) is 4.87. The second-order valence-corrected chi connectivity index (χ2v) is 4.29. The Kier molecular flexibility index (Phi) is 3.97. The molecule has 0 fully saturated rings. The van der Waals surface area contributed by atoms with Crippen LogP contribution in [0.1, 0.15) is 31.1 Å². The molecule has 1 aromatic rings.